The van der Waals surface area contributed by atoms with Crippen molar-refractivity contribution in [3.05, 3.63) is 85.2 Å². The highest BCUT2D eigenvalue weighted by Crippen LogP contribution is 2.50. The first-order valence-corrected chi connectivity index (χ1v) is 14.5. The van der Waals surface area contributed by atoms with E-state index in [9.17, 15) is 0 Å². The summed E-state index contributed by atoms with van der Waals surface area (Å²) in [5, 5.41) is 17.1. The summed E-state index contributed by atoms with van der Waals surface area (Å²) < 4.78 is 5.59. The number of nitrogens with one attached hydrogen (secondary N) is 2. The molecule has 0 saturated carbocycles. The van der Waals surface area contributed by atoms with Crippen LogP contribution in [0.25, 0.3) is 44.1 Å². The van der Waals surface area contributed by atoms with Crippen LogP contribution in [0.5, 0.6) is 0 Å². The molecular weight excluding hydrogens is 516 g/mol. The Balaban J connectivity index is 1.21. The largest absolute Gasteiger partial charge is 0.379 e. The Bertz CT molecular complexity index is 1730. The van der Waals surface area contributed by atoms with Crippen molar-refractivity contribution in [1.29, 1.82) is 0 Å². The van der Waals surface area contributed by atoms with Crippen molar-refractivity contribution >= 4 is 44.9 Å². The molecule has 0 atom stereocenters. The maximum Gasteiger partial charge on any atom is 0.0656 e. The zero-order valence-corrected chi connectivity index (χ0v) is 22.7. The fourth-order valence-corrected chi connectivity index (χ4v) is 7.14. The molecule has 6 aromatic rings. The monoisotopic (exact) mass is 544 g/mol. The van der Waals surface area contributed by atoms with Crippen molar-refractivity contribution in [3.63, 3.8) is 0 Å². The summed E-state index contributed by atoms with van der Waals surface area (Å²) in [6.45, 7) is 5.53. The van der Waals surface area contributed by atoms with Crippen LogP contribution in [0.3, 0.4) is 0 Å². The predicted molar refractivity (Wildman–Crippen MR) is 161 cm³/mol. The van der Waals surface area contributed by atoms with Gasteiger partial charge in [-0.15, -0.1) is 0 Å². The normalized spacial score (nSPS) is 15.4. The van der Waals surface area contributed by atoms with Crippen LogP contribution < -0.4 is 4.90 Å². The van der Waals surface area contributed by atoms with E-state index >= 15 is 0 Å². The minimum Gasteiger partial charge on any atom is -0.379 e. The number of hydrogen-bond acceptors (Lipinski definition) is 6. The average Bonchev–Trinajstić information content (AvgIpc) is 3.69. The first-order valence-electron chi connectivity index (χ1n) is 13.7. The molecule has 8 heteroatoms. The highest BCUT2D eigenvalue weighted by molar-refractivity contribution is 7.99. The number of morpholine rings is 1. The summed E-state index contributed by atoms with van der Waals surface area (Å²) >= 11 is 1.86. The van der Waals surface area contributed by atoms with E-state index in [2.05, 4.69) is 103 Å². The highest BCUT2D eigenvalue weighted by Gasteiger charge is 2.26. The number of aromatic nitrogens is 4. The molecule has 0 amide bonds. The zero-order chi connectivity index (χ0) is 26.5. The Morgan fingerprint density at radius 2 is 1.27 bits per heavy atom. The molecule has 2 aromatic heterocycles. The van der Waals surface area contributed by atoms with Gasteiger partial charge in [-0.2, -0.15) is 10.2 Å². The van der Waals surface area contributed by atoms with Crippen molar-refractivity contribution < 1.29 is 4.74 Å². The number of rotatable bonds is 5. The van der Waals surface area contributed by atoms with E-state index in [1.807, 2.05) is 24.2 Å². The molecule has 1 saturated heterocycles. The summed E-state index contributed by atoms with van der Waals surface area (Å²) in [4.78, 5) is 7.55. The minimum absolute atomic E-state index is 0.814. The smallest absolute Gasteiger partial charge is 0.0656 e. The van der Waals surface area contributed by atoms with Gasteiger partial charge in [0, 0.05) is 46.7 Å². The van der Waals surface area contributed by atoms with Gasteiger partial charge in [-0.05, 0) is 58.7 Å². The van der Waals surface area contributed by atoms with Crippen LogP contribution in [-0.4, -0.2) is 64.7 Å². The molecule has 2 aliphatic heterocycles. The van der Waals surface area contributed by atoms with Gasteiger partial charge >= 0.3 is 0 Å². The Morgan fingerprint density at radius 3 is 1.85 bits per heavy atom. The van der Waals surface area contributed by atoms with Crippen molar-refractivity contribution in [2.24, 2.45) is 0 Å². The molecule has 1 fully saturated rings. The number of H-pyrrole nitrogens is 2. The Kier molecular flexibility index (Phi) is 5.83. The molecule has 0 spiro atoms. The second-order valence-corrected chi connectivity index (χ2v) is 11.4. The van der Waals surface area contributed by atoms with Gasteiger partial charge in [0.25, 0.3) is 0 Å². The SMILES string of the molecule is c1cc(-c2ccc3c(c2)Sc2cc(-c4cccc5[nH]ncc45)ccc2N3CCN2CCOCC2)c2cn[nH]c2c1. The first kappa shape index (κ1) is 23.7. The van der Waals surface area contributed by atoms with Gasteiger partial charge in [0.05, 0.1) is 48.0 Å². The molecular formula is C32H28N6OS. The van der Waals surface area contributed by atoms with E-state index in [1.165, 1.54) is 43.4 Å². The third kappa shape index (κ3) is 4.07. The number of nitrogens with zero attached hydrogens (tertiary/aromatic N) is 4. The van der Waals surface area contributed by atoms with Crippen LogP contribution in [-0.2, 0) is 4.74 Å². The zero-order valence-electron chi connectivity index (χ0n) is 21.9. The number of fused-ring (bicyclic) bond motifs is 4. The van der Waals surface area contributed by atoms with E-state index < -0.39 is 0 Å². The van der Waals surface area contributed by atoms with E-state index in [1.54, 1.807) is 0 Å². The number of aromatic amines is 2. The van der Waals surface area contributed by atoms with Crippen LogP contribution in [0.2, 0.25) is 0 Å². The van der Waals surface area contributed by atoms with E-state index in [0.717, 1.165) is 61.2 Å². The molecule has 0 aliphatic carbocycles. The molecule has 40 heavy (non-hydrogen) atoms. The molecule has 2 aliphatic rings. The maximum absolute atomic E-state index is 5.59. The van der Waals surface area contributed by atoms with Gasteiger partial charge in [0.2, 0.25) is 0 Å². The maximum atomic E-state index is 5.59. The van der Waals surface area contributed by atoms with Crippen molar-refractivity contribution in [3.8, 4) is 22.3 Å². The highest BCUT2D eigenvalue weighted by atomic mass is 32.2. The first-order chi connectivity index (χ1) is 19.8. The van der Waals surface area contributed by atoms with Crippen molar-refractivity contribution in [2.45, 2.75) is 9.79 Å². The summed E-state index contributed by atoms with van der Waals surface area (Å²) in [5.74, 6) is 0. The lowest BCUT2D eigenvalue weighted by Gasteiger charge is -2.36. The van der Waals surface area contributed by atoms with Gasteiger partial charge in [-0.1, -0.05) is 48.2 Å². The van der Waals surface area contributed by atoms with Crippen molar-refractivity contribution in [2.75, 3.05) is 44.3 Å². The third-order valence-electron chi connectivity index (χ3n) is 8.06. The molecule has 198 valence electrons. The Hall–Kier alpha value is -4.11. The second-order valence-electron chi connectivity index (χ2n) is 10.3. The topological polar surface area (TPSA) is 73.1 Å². The summed E-state index contributed by atoms with van der Waals surface area (Å²) in [6.07, 6.45) is 3.84. The third-order valence-corrected chi connectivity index (χ3v) is 9.15. The Morgan fingerprint density at radius 1 is 0.700 bits per heavy atom. The van der Waals surface area contributed by atoms with Gasteiger partial charge in [0.15, 0.2) is 0 Å². The predicted octanol–water partition coefficient (Wildman–Crippen LogP) is 6.71. The van der Waals surface area contributed by atoms with Crippen LogP contribution in [0.15, 0.2) is 95.0 Å². The van der Waals surface area contributed by atoms with Crippen molar-refractivity contribution in [1.82, 2.24) is 25.3 Å². The van der Waals surface area contributed by atoms with Crippen LogP contribution in [0.1, 0.15) is 0 Å². The molecule has 4 heterocycles. The molecule has 4 aromatic carbocycles. The number of benzene rings is 4. The summed E-state index contributed by atoms with van der Waals surface area (Å²) in [7, 11) is 0. The van der Waals surface area contributed by atoms with Crippen LogP contribution >= 0.6 is 11.8 Å². The van der Waals surface area contributed by atoms with Gasteiger partial charge in [0.1, 0.15) is 0 Å². The molecule has 7 nitrogen and oxygen atoms in total. The molecule has 2 N–H and O–H groups in total. The number of hydrogen-bond donors (Lipinski definition) is 2. The standard InChI is InChI=1S/C32H28N6OS/c1-3-23(25-19-33-35-27(25)5-1)21-7-9-29-31(17-21)40-32-18-22(24-4-2-6-28-26(24)20-34-36-28)8-10-30(32)38(29)12-11-37-13-15-39-16-14-37/h1-10,17-20H,11-16H2,(H,33,35)(H,34,36). The minimum atomic E-state index is 0.814. The fraction of sp³-hybridized carbons (Fsp3) is 0.188. The molecule has 8 rings (SSSR count). The fourth-order valence-electron chi connectivity index (χ4n) is 5.97. The lowest BCUT2D eigenvalue weighted by molar-refractivity contribution is 0.0394. The van der Waals surface area contributed by atoms with Gasteiger partial charge in [-0.25, -0.2) is 0 Å². The van der Waals surface area contributed by atoms with E-state index in [-0.39, 0.29) is 0 Å². The molecule has 0 unspecified atom stereocenters. The lowest BCUT2D eigenvalue weighted by atomic mass is 10.0. The quantitative estimate of drug-likeness (QED) is 0.251. The van der Waals surface area contributed by atoms with E-state index in [0.29, 0.717) is 0 Å². The van der Waals surface area contributed by atoms with E-state index in [4.69, 9.17) is 4.74 Å². The molecule has 0 radical (unpaired) electrons. The number of anilines is 2. The van der Waals surface area contributed by atoms with Gasteiger partial charge in [-0.3, -0.25) is 15.1 Å². The summed E-state index contributed by atoms with van der Waals surface area (Å²) in [6, 6.07) is 26.5. The lowest BCUT2D eigenvalue weighted by Crippen LogP contribution is -2.41. The second kappa shape index (κ2) is 9.82. The Labute approximate surface area is 236 Å². The van der Waals surface area contributed by atoms with Crippen LogP contribution in [0.4, 0.5) is 11.4 Å². The number of ether oxygens (including phenoxy) is 1. The summed E-state index contributed by atoms with van der Waals surface area (Å²) in [5.41, 5.74) is 9.43. The van der Waals surface area contributed by atoms with Gasteiger partial charge < -0.3 is 9.64 Å². The molecule has 0 bridgehead atoms. The average molecular weight is 545 g/mol. The van der Waals surface area contributed by atoms with Crippen LogP contribution in [0, 0.1) is 0 Å².